The number of nitro benzene ring substituents is 1. The van der Waals surface area contributed by atoms with E-state index in [1.165, 1.54) is 6.07 Å². The van der Waals surface area contributed by atoms with Crippen molar-refractivity contribution >= 4 is 11.4 Å². The van der Waals surface area contributed by atoms with Crippen molar-refractivity contribution in [2.24, 2.45) is 0 Å². The molecule has 0 saturated carbocycles. The van der Waals surface area contributed by atoms with Crippen LogP contribution in [0.3, 0.4) is 0 Å². The number of anilines is 1. The minimum absolute atomic E-state index is 0.00903. The number of nitrogen functional groups attached to an aromatic ring is 1. The van der Waals surface area contributed by atoms with Crippen molar-refractivity contribution < 1.29 is 4.92 Å². The van der Waals surface area contributed by atoms with Gasteiger partial charge in [-0.1, -0.05) is 19.4 Å². The van der Waals surface area contributed by atoms with E-state index in [4.69, 9.17) is 5.73 Å². The maximum Gasteiger partial charge on any atom is 0.292 e. The van der Waals surface area contributed by atoms with E-state index in [0.717, 1.165) is 24.8 Å². The Morgan fingerprint density at radius 3 is 2.71 bits per heavy atom. The van der Waals surface area contributed by atoms with Crippen LogP contribution in [0.1, 0.15) is 25.3 Å². The quantitative estimate of drug-likeness (QED) is 0.455. The summed E-state index contributed by atoms with van der Waals surface area (Å²) in [6, 6.07) is 4.93. The predicted molar refractivity (Wildman–Crippen MR) is 56.1 cm³/mol. The van der Waals surface area contributed by atoms with Gasteiger partial charge in [-0.25, -0.2) is 0 Å². The number of aryl methyl sites for hydroxylation is 1. The van der Waals surface area contributed by atoms with Crippen LogP contribution >= 0.6 is 0 Å². The molecule has 0 aliphatic heterocycles. The van der Waals surface area contributed by atoms with Crippen LogP contribution in [0.15, 0.2) is 18.2 Å². The highest BCUT2D eigenvalue weighted by Crippen LogP contribution is 2.22. The number of hydrogen-bond acceptors (Lipinski definition) is 3. The minimum atomic E-state index is -0.459. The van der Waals surface area contributed by atoms with Gasteiger partial charge in [0.1, 0.15) is 5.69 Å². The number of hydrogen-bond donors (Lipinski definition) is 1. The minimum Gasteiger partial charge on any atom is -0.393 e. The highest BCUT2D eigenvalue weighted by Gasteiger charge is 2.10. The van der Waals surface area contributed by atoms with Gasteiger partial charge in [-0.15, -0.1) is 0 Å². The number of nitrogens with two attached hydrogens (primary N) is 1. The number of nitrogens with zero attached hydrogens (tertiary/aromatic N) is 1. The summed E-state index contributed by atoms with van der Waals surface area (Å²) in [6.45, 7) is 2.11. The smallest absolute Gasteiger partial charge is 0.292 e. The molecule has 1 aromatic rings. The Morgan fingerprint density at radius 2 is 2.21 bits per heavy atom. The van der Waals surface area contributed by atoms with Crippen molar-refractivity contribution in [2.45, 2.75) is 26.2 Å². The van der Waals surface area contributed by atoms with Gasteiger partial charge in [0.25, 0.3) is 5.69 Å². The molecule has 0 atom stereocenters. The molecule has 1 rings (SSSR count). The van der Waals surface area contributed by atoms with E-state index >= 15 is 0 Å². The molecule has 0 aliphatic rings. The molecule has 0 radical (unpaired) electrons. The number of rotatable bonds is 4. The zero-order valence-corrected chi connectivity index (χ0v) is 8.19. The lowest BCUT2D eigenvalue weighted by molar-refractivity contribution is -0.383. The third-order valence-electron chi connectivity index (χ3n) is 2.11. The van der Waals surface area contributed by atoms with Gasteiger partial charge >= 0.3 is 0 Å². The van der Waals surface area contributed by atoms with Crippen LogP contribution < -0.4 is 5.73 Å². The van der Waals surface area contributed by atoms with E-state index < -0.39 is 4.92 Å². The summed E-state index contributed by atoms with van der Waals surface area (Å²) in [5, 5.41) is 10.5. The number of unbranched alkanes of at least 4 members (excludes halogenated alkanes) is 1. The molecular weight excluding hydrogens is 180 g/mol. The fourth-order valence-corrected chi connectivity index (χ4v) is 1.31. The van der Waals surface area contributed by atoms with Crippen molar-refractivity contribution in [1.82, 2.24) is 0 Å². The highest BCUT2D eigenvalue weighted by atomic mass is 16.6. The summed E-state index contributed by atoms with van der Waals surface area (Å²) in [7, 11) is 0. The average molecular weight is 194 g/mol. The molecule has 0 fully saturated rings. The molecular formula is C10H14N2O2. The van der Waals surface area contributed by atoms with Crippen molar-refractivity contribution in [2.75, 3.05) is 5.73 Å². The first-order valence-electron chi connectivity index (χ1n) is 4.68. The van der Waals surface area contributed by atoms with Gasteiger partial charge in [-0.3, -0.25) is 10.1 Å². The first-order valence-corrected chi connectivity index (χ1v) is 4.68. The first-order chi connectivity index (χ1) is 6.65. The molecule has 14 heavy (non-hydrogen) atoms. The fraction of sp³-hybridized carbons (Fsp3) is 0.400. The van der Waals surface area contributed by atoms with E-state index in [2.05, 4.69) is 6.92 Å². The normalized spacial score (nSPS) is 10.1. The Balaban J connectivity index is 2.83. The summed E-state index contributed by atoms with van der Waals surface area (Å²) in [4.78, 5) is 10.0. The summed E-state index contributed by atoms with van der Waals surface area (Å²) in [6.07, 6.45) is 3.12. The summed E-state index contributed by atoms with van der Waals surface area (Å²) < 4.78 is 0. The second-order valence-electron chi connectivity index (χ2n) is 3.25. The molecule has 0 aliphatic carbocycles. The Hall–Kier alpha value is -1.58. The molecule has 0 unspecified atom stereocenters. The van der Waals surface area contributed by atoms with E-state index in [-0.39, 0.29) is 11.4 Å². The average Bonchev–Trinajstić information content (AvgIpc) is 2.14. The van der Waals surface area contributed by atoms with Gasteiger partial charge in [0.2, 0.25) is 0 Å². The summed E-state index contributed by atoms with van der Waals surface area (Å²) in [5.41, 5.74) is 6.86. The highest BCUT2D eigenvalue weighted by molar-refractivity contribution is 5.59. The second-order valence-corrected chi connectivity index (χ2v) is 3.25. The van der Waals surface area contributed by atoms with E-state index in [0.29, 0.717) is 0 Å². The maximum atomic E-state index is 10.5. The molecule has 0 bridgehead atoms. The first kappa shape index (κ1) is 10.5. The predicted octanol–water partition coefficient (Wildman–Crippen LogP) is 2.52. The van der Waals surface area contributed by atoms with Crippen LogP contribution in [0.4, 0.5) is 11.4 Å². The Morgan fingerprint density at radius 1 is 1.50 bits per heavy atom. The molecule has 0 saturated heterocycles. The Kier molecular flexibility index (Phi) is 3.45. The van der Waals surface area contributed by atoms with Gasteiger partial charge in [-0.05, 0) is 24.5 Å². The van der Waals surface area contributed by atoms with Gasteiger partial charge in [0.15, 0.2) is 0 Å². The molecule has 0 spiro atoms. The van der Waals surface area contributed by atoms with Gasteiger partial charge in [0, 0.05) is 6.07 Å². The van der Waals surface area contributed by atoms with Gasteiger partial charge in [-0.2, -0.15) is 0 Å². The zero-order valence-electron chi connectivity index (χ0n) is 8.19. The summed E-state index contributed by atoms with van der Waals surface area (Å²) in [5.74, 6) is 0. The lowest BCUT2D eigenvalue weighted by atomic mass is 10.1. The number of benzene rings is 1. The van der Waals surface area contributed by atoms with Crippen molar-refractivity contribution in [3.8, 4) is 0 Å². The van der Waals surface area contributed by atoms with E-state index in [1.807, 2.05) is 0 Å². The maximum absolute atomic E-state index is 10.5. The van der Waals surface area contributed by atoms with E-state index in [1.54, 1.807) is 12.1 Å². The fourth-order valence-electron chi connectivity index (χ4n) is 1.31. The Bertz CT molecular complexity index is 337. The van der Waals surface area contributed by atoms with Crippen LogP contribution in [0, 0.1) is 10.1 Å². The Labute approximate surface area is 82.9 Å². The zero-order chi connectivity index (χ0) is 10.6. The molecule has 76 valence electrons. The molecule has 1 aromatic carbocycles. The SMILES string of the molecule is CCCCc1ccc([N+](=O)[O-])c(N)c1. The molecule has 4 nitrogen and oxygen atoms in total. The lowest BCUT2D eigenvalue weighted by Gasteiger charge is -2.01. The molecule has 2 N–H and O–H groups in total. The largest absolute Gasteiger partial charge is 0.393 e. The van der Waals surface area contributed by atoms with E-state index in [9.17, 15) is 10.1 Å². The number of nitro groups is 1. The monoisotopic (exact) mass is 194 g/mol. The van der Waals surface area contributed by atoms with Crippen molar-refractivity contribution in [3.63, 3.8) is 0 Å². The third kappa shape index (κ3) is 2.45. The standard InChI is InChI=1S/C10H14N2O2/c1-2-3-4-8-5-6-10(12(13)14)9(11)7-8/h5-7H,2-4,11H2,1H3. The molecule has 0 aromatic heterocycles. The molecule has 0 amide bonds. The third-order valence-corrected chi connectivity index (χ3v) is 2.11. The van der Waals surface area contributed by atoms with Crippen LogP contribution in [0.5, 0.6) is 0 Å². The van der Waals surface area contributed by atoms with Crippen LogP contribution in [0.2, 0.25) is 0 Å². The van der Waals surface area contributed by atoms with Crippen LogP contribution in [-0.4, -0.2) is 4.92 Å². The topological polar surface area (TPSA) is 69.2 Å². The lowest BCUT2D eigenvalue weighted by Crippen LogP contribution is -1.96. The van der Waals surface area contributed by atoms with Gasteiger partial charge in [0.05, 0.1) is 4.92 Å². The van der Waals surface area contributed by atoms with Crippen molar-refractivity contribution in [1.29, 1.82) is 0 Å². The summed E-state index contributed by atoms with van der Waals surface area (Å²) >= 11 is 0. The van der Waals surface area contributed by atoms with Gasteiger partial charge < -0.3 is 5.73 Å². The van der Waals surface area contributed by atoms with Crippen LogP contribution in [-0.2, 0) is 6.42 Å². The second kappa shape index (κ2) is 4.60. The molecule has 4 heteroatoms. The molecule has 0 heterocycles. The van der Waals surface area contributed by atoms with Crippen LogP contribution in [0.25, 0.3) is 0 Å². The van der Waals surface area contributed by atoms with Crippen molar-refractivity contribution in [3.05, 3.63) is 33.9 Å².